The summed E-state index contributed by atoms with van der Waals surface area (Å²) in [5.41, 5.74) is 7.01. The summed E-state index contributed by atoms with van der Waals surface area (Å²) in [6.07, 6.45) is 0. The van der Waals surface area contributed by atoms with E-state index >= 15 is 0 Å². The van der Waals surface area contributed by atoms with Crippen molar-refractivity contribution in [1.29, 1.82) is 0 Å². The molecule has 0 unspecified atom stereocenters. The van der Waals surface area contributed by atoms with Crippen molar-refractivity contribution in [2.75, 3.05) is 25.6 Å². The van der Waals surface area contributed by atoms with Crippen LogP contribution in [0.1, 0.15) is 6.92 Å². The van der Waals surface area contributed by atoms with Gasteiger partial charge in [-0.05, 0) is 17.6 Å². The highest BCUT2D eigenvalue weighted by atomic mass is 16.6. The highest BCUT2D eigenvalue weighted by molar-refractivity contribution is 6.61. The molecule has 0 aromatic heterocycles. The quantitative estimate of drug-likeness (QED) is 0.545. The maximum atomic E-state index is 9.17. The lowest BCUT2D eigenvalue weighted by atomic mass is 9.75. The van der Waals surface area contributed by atoms with Crippen LogP contribution in [0.5, 0.6) is 0 Å². The fourth-order valence-electron chi connectivity index (χ4n) is 1.63. The van der Waals surface area contributed by atoms with E-state index in [1.165, 1.54) is 0 Å². The van der Waals surface area contributed by atoms with Gasteiger partial charge in [-0.25, -0.2) is 0 Å². The van der Waals surface area contributed by atoms with Crippen LogP contribution in [0.2, 0.25) is 0 Å². The molecule has 2 rings (SSSR count). The Morgan fingerprint density at radius 3 is 2.69 bits per heavy atom. The zero-order chi connectivity index (χ0) is 11.6. The van der Waals surface area contributed by atoms with E-state index in [9.17, 15) is 5.11 Å². The van der Waals surface area contributed by atoms with Gasteiger partial charge in [0, 0.05) is 24.3 Å². The zero-order valence-electron chi connectivity index (χ0n) is 9.35. The molecule has 0 amide bonds. The topological polar surface area (TPSA) is 64.7 Å². The Bertz CT molecular complexity index is 364. The first-order valence-corrected chi connectivity index (χ1v) is 5.32. The molecule has 1 aliphatic heterocycles. The molecular formula is C11H16BNO3. The Morgan fingerprint density at radius 2 is 2.12 bits per heavy atom. The van der Waals surface area contributed by atoms with Crippen molar-refractivity contribution in [1.82, 2.24) is 0 Å². The van der Waals surface area contributed by atoms with Crippen LogP contribution in [-0.4, -0.2) is 32.0 Å². The summed E-state index contributed by atoms with van der Waals surface area (Å²) in [5, 5.41) is 9.17. The van der Waals surface area contributed by atoms with Crippen molar-refractivity contribution in [2.24, 2.45) is 5.41 Å². The van der Waals surface area contributed by atoms with E-state index in [1.807, 2.05) is 31.2 Å². The molecule has 1 aliphatic rings. The Morgan fingerprint density at radius 1 is 1.44 bits per heavy atom. The predicted octanol–water partition coefficient (Wildman–Crippen LogP) is 0.00940. The number of benzene rings is 1. The van der Waals surface area contributed by atoms with Crippen molar-refractivity contribution in [2.45, 2.75) is 6.92 Å². The Hall–Kier alpha value is -1.04. The van der Waals surface area contributed by atoms with Crippen LogP contribution >= 0.6 is 0 Å². The minimum atomic E-state index is -0.372. The molecule has 0 spiro atoms. The average Bonchev–Trinajstić information content (AvgIpc) is 2.30. The predicted molar refractivity (Wildman–Crippen MR) is 63.3 cm³/mol. The van der Waals surface area contributed by atoms with Gasteiger partial charge in [-0.15, -0.1) is 0 Å². The fraction of sp³-hybridized carbons (Fsp3) is 0.455. The van der Waals surface area contributed by atoms with Crippen LogP contribution in [0, 0.1) is 5.41 Å². The van der Waals surface area contributed by atoms with E-state index in [1.54, 1.807) is 0 Å². The Kier molecular flexibility index (Phi) is 3.19. The average molecular weight is 221 g/mol. The van der Waals surface area contributed by atoms with Crippen molar-refractivity contribution < 1.29 is 14.4 Å². The second-order valence-corrected chi connectivity index (χ2v) is 4.59. The van der Waals surface area contributed by atoms with E-state index in [0.29, 0.717) is 18.9 Å². The third kappa shape index (κ3) is 2.37. The van der Waals surface area contributed by atoms with Gasteiger partial charge in [0.1, 0.15) is 0 Å². The van der Waals surface area contributed by atoms with Gasteiger partial charge in [0.25, 0.3) is 0 Å². The van der Waals surface area contributed by atoms with E-state index in [4.69, 9.17) is 15.0 Å². The van der Waals surface area contributed by atoms with Gasteiger partial charge < -0.3 is 20.1 Å². The van der Waals surface area contributed by atoms with Gasteiger partial charge in [-0.1, -0.05) is 19.1 Å². The van der Waals surface area contributed by atoms with Gasteiger partial charge >= 0.3 is 7.12 Å². The SMILES string of the molecule is CC1(CO)COB(c2cccc(N)c2)OC1. The molecule has 3 N–H and O–H groups in total. The van der Waals surface area contributed by atoms with E-state index < -0.39 is 0 Å². The number of hydrogen-bond donors (Lipinski definition) is 2. The highest BCUT2D eigenvalue weighted by Gasteiger charge is 2.36. The van der Waals surface area contributed by atoms with E-state index in [2.05, 4.69) is 0 Å². The standard InChI is InChI=1S/C11H16BNO3/c1-11(6-14)7-15-12(16-8-11)9-3-2-4-10(13)5-9/h2-5,14H,6-8,13H2,1H3. The minimum absolute atomic E-state index is 0.0661. The first-order valence-electron chi connectivity index (χ1n) is 5.32. The van der Waals surface area contributed by atoms with Crippen LogP contribution in [-0.2, 0) is 9.31 Å². The van der Waals surface area contributed by atoms with Crippen molar-refractivity contribution in [3.63, 3.8) is 0 Å². The van der Waals surface area contributed by atoms with E-state index in [-0.39, 0.29) is 19.1 Å². The zero-order valence-corrected chi connectivity index (χ0v) is 9.35. The Labute approximate surface area is 95.5 Å². The van der Waals surface area contributed by atoms with Crippen molar-refractivity contribution >= 4 is 18.3 Å². The Balaban J connectivity index is 2.04. The molecule has 0 aliphatic carbocycles. The number of rotatable bonds is 2. The molecule has 1 saturated heterocycles. The lowest BCUT2D eigenvalue weighted by Crippen LogP contribution is -2.49. The number of nitrogen functional groups attached to an aromatic ring is 1. The van der Waals surface area contributed by atoms with Crippen LogP contribution in [0.15, 0.2) is 24.3 Å². The molecule has 4 nitrogen and oxygen atoms in total. The monoisotopic (exact) mass is 221 g/mol. The molecule has 1 heterocycles. The highest BCUT2D eigenvalue weighted by Crippen LogP contribution is 2.21. The molecule has 0 atom stereocenters. The van der Waals surface area contributed by atoms with Gasteiger partial charge in [-0.3, -0.25) is 0 Å². The normalized spacial score (nSPS) is 19.8. The molecule has 1 fully saturated rings. The first kappa shape index (κ1) is 11.5. The molecule has 1 aromatic carbocycles. The first-order chi connectivity index (χ1) is 7.63. The summed E-state index contributed by atoms with van der Waals surface area (Å²) in [6.45, 7) is 2.98. The maximum Gasteiger partial charge on any atom is 0.493 e. The largest absolute Gasteiger partial charge is 0.493 e. The molecule has 16 heavy (non-hydrogen) atoms. The smallest absolute Gasteiger partial charge is 0.407 e. The van der Waals surface area contributed by atoms with Crippen LogP contribution < -0.4 is 11.2 Å². The van der Waals surface area contributed by atoms with Crippen molar-refractivity contribution in [3.8, 4) is 0 Å². The molecule has 5 heteroatoms. The van der Waals surface area contributed by atoms with Crippen molar-refractivity contribution in [3.05, 3.63) is 24.3 Å². The molecule has 1 aromatic rings. The van der Waals surface area contributed by atoms with Crippen LogP contribution in [0.25, 0.3) is 0 Å². The summed E-state index contributed by atoms with van der Waals surface area (Å²) in [5.74, 6) is 0. The van der Waals surface area contributed by atoms with Gasteiger partial charge in [0.15, 0.2) is 0 Å². The van der Waals surface area contributed by atoms with Crippen LogP contribution in [0.4, 0.5) is 5.69 Å². The van der Waals surface area contributed by atoms with Gasteiger partial charge in [0.05, 0.1) is 6.61 Å². The fourth-order valence-corrected chi connectivity index (χ4v) is 1.63. The molecule has 0 saturated carbocycles. The number of nitrogens with two attached hydrogens (primary N) is 1. The molecular weight excluding hydrogens is 205 g/mol. The third-order valence-corrected chi connectivity index (χ3v) is 2.73. The number of aliphatic hydroxyl groups is 1. The summed E-state index contributed by atoms with van der Waals surface area (Å²) in [4.78, 5) is 0. The summed E-state index contributed by atoms with van der Waals surface area (Å²) < 4.78 is 11.2. The van der Waals surface area contributed by atoms with E-state index in [0.717, 1.165) is 5.46 Å². The number of aliphatic hydroxyl groups excluding tert-OH is 1. The van der Waals surface area contributed by atoms with Gasteiger partial charge in [-0.2, -0.15) is 0 Å². The lowest BCUT2D eigenvalue weighted by molar-refractivity contribution is -0.0145. The number of hydrogen-bond acceptors (Lipinski definition) is 4. The summed E-state index contributed by atoms with van der Waals surface area (Å²) in [7, 11) is -0.372. The molecule has 0 bridgehead atoms. The minimum Gasteiger partial charge on any atom is -0.407 e. The molecule has 0 radical (unpaired) electrons. The summed E-state index contributed by atoms with van der Waals surface area (Å²) >= 11 is 0. The lowest BCUT2D eigenvalue weighted by Gasteiger charge is -2.34. The second-order valence-electron chi connectivity index (χ2n) is 4.59. The van der Waals surface area contributed by atoms with Crippen LogP contribution in [0.3, 0.4) is 0 Å². The maximum absolute atomic E-state index is 9.17. The van der Waals surface area contributed by atoms with Gasteiger partial charge in [0.2, 0.25) is 0 Å². The molecule has 86 valence electrons. The number of anilines is 1. The summed E-state index contributed by atoms with van der Waals surface area (Å²) in [6, 6.07) is 7.45. The second kappa shape index (κ2) is 4.45. The third-order valence-electron chi connectivity index (χ3n) is 2.73.